The van der Waals surface area contributed by atoms with E-state index in [1.807, 2.05) is 9.80 Å². The Hall–Kier alpha value is -2.11. The summed E-state index contributed by atoms with van der Waals surface area (Å²) < 4.78 is 13.5. The lowest BCUT2D eigenvalue weighted by atomic mass is 9.86. The highest BCUT2D eigenvalue weighted by molar-refractivity contribution is 5.96. The summed E-state index contributed by atoms with van der Waals surface area (Å²) in [5.74, 6) is -0.311. The third kappa shape index (κ3) is 2.64. The fourth-order valence-electron chi connectivity index (χ4n) is 4.26. The van der Waals surface area contributed by atoms with Crippen molar-refractivity contribution in [2.45, 2.75) is 25.7 Å². The van der Waals surface area contributed by atoms with Gasteiger partial charge < -0.3 is 14.7 Å². The summed E-state index contributed by atoms with van der Waals surface area (Å²) in [6, 6.07) is 6.29. The normalized spacial score (nSPS) is 26.9. The topological polar surface area (TPSA) is 43.9 Å². The number of likely N-dealkylation sites (tertiary alicyclic amines) is 2. The van der Waals surface area contributed by atoms with E-state index in [1.165, 1.54) is 12.1 Å². The second-order valence-electron chi connectivity index (χ2n) is 7.28. The van der Waals surface area contributed by atoms with Crippen molar-refractivity contribution in [1.29, 1.82) is 0 Å². The van der Waals surface area contributed by atoms with Gasteiger partial charge in [-0.05, 0) is 37.5 Å². The highest BCUT2D eigenvalue weighted by Gasteiger charge is 2.49. The standard InChI is InChI=1S/C18H22FN3O2/c19-14-4-3-5-15(10-14)22-13-18(11-16(22)23)6-9-21(12-18)17(24)20-7-1-2-8-20/h3-5,10H,1-2,6-9,11-13H2. The van der Waals surface area contributed by atoms with Gasteiger partial charge in [-0.2, -0.15) is 0 Å². The number of halogens is 1. The van der Waals surface area contributed by atoms with E-state index in [2.05, 4.69) is 0 Å². The number of amides is 3. The first-order valence-electron chi connectivity index (χ1n) is 8.66. The number of carbonyl (C=O) groups excluding carboxylic acids is 2. The van der Waals surface area contributed by atoms with E-state index in [-0.39, 0.29) is 23.2 Å². The Balaban J connectivity index is 1.47. The van der Waals surface area contributed by atoms with Crippen molar-refractivity contribution in [3.8, 4) is 0 Å². The van der Waals surface area contributed by atoms with Crippen LogP contribution in [0, 0.1) is 11.2 Å². The van der Waals surface area contributed by atoms with Crippen molar-refractivity contribution >= 4 is 17.6 Å². The molecule has 1 unspecified atom stereocenters. The van der Waals surface area contributed by atoms with Gasteiger partial charge in [0.1, 0.15) is 5.82 Å². The molecule has 6 heteroatoms. The van der Waals surface area contributed by atoms with E-state index in [4.69, 9.17) is 0 Å². The predicted molar refractivity (Wildman–Crippen MR) is 88.2 cm³/mol. The number of hydrogen-bond acceptors (Lipinski definition) is 2. The minimum Gasteiger partial charge on any atom is -0.325 e. The predicted octanol–water partition coefficient (Wildman–Crippen LogP) is 2.47. The van der Waals surface area contributed by atoms with Gasteiger partial charge in [0.25, 0.3) is 0 Å². The molecule has 1 atom stereocenters. The van der Waals surface area contributed by atoms with Gasteiger partial charge in [-0.1, -0.05) is 6.07 Å². The smallest absolute Gasteiger partial charge is 0.320 e. The largest absolute Gasteiger partial charge is 0.325 e. The molecule has 3 fully saturated rings. The third-order valence-corrected chi connectivity index (χ3v) is 5.53. The lowest BCUT2D eigenvalue weighted by Crippen LogP contribution is -2.42. The fraction of sp³-hybridized carbons (Fsp3) is 0.556. The van der Waals surface area contributed by atoms with Crippen LogP contribution in [0.2, 0.25) is 0 Å². The molecule has 3 saturated heterocycles. The molecule has 0 aromatic heterocycles. The van der Waals surface area contributed by atoms with E-state index < -0.39 is 0 Å². The third-order valence-electron chi connectivity index (χ3n) is 5.53. The number of rotatable bonds is 1. The lowest BCUT2D eigenvalue weighted by Gasteiger charge is -2.27. The summed E-state index contributed by atoms with van der Waals surface area (Å²) in [4.78, 5) is 30.5. The number of anilines is 1. The molecule has 0 saturated carbocycles. The number of nitrogens with zero attached hydrogens (tertiary/aromatic N) is 3. The van der Waals surface area contributed by atoms with Crippen LogP contribution in [-0.2, 0) is 4.79 Å². The van der Waals surface area contributed by atoms with Gasteiger partial charge in [-0.3, -0.25) is 4.79 Å². The Bertz CT molecular complexity index is 674. The second-order valence-corrected chi connectivity index (χ2v) is 7.28. The molecule has 1 spiro atoms. The van der Waals surface area contributed by atoms with Crippen LogP contribution in [0.1, 0.15) is 25.7 Å². The summed E-state index contributed by atoms with van der Waals surface area (Å²) in [6.07, 6.45) is 3.44. The van der Waals surface area contributed by atoms with E-state index in [0.717, 1.165) is 32.4 Å². The van der Waals surface area contributed by atoms with Crippen LogP contribution in [-0.4, -0.2) is 54.5 Å². The van der Waals surface area contributed by atoms with Crippen molar-refractivity contribution in [3.05, 3.63) is 30.1 Å². The van der Waals surface area contributed by atoms with Crippen LogP contribution < -0.4 is 4.90 Å². The monoisotopic (exact) mass is 331 g/mol. The number of urea groups is 1. The Morgan fingerprint density at radius 1 is 1.08 bits per heavy atom. The highest BCUT2D eigenvalue weighted by Crippen LogP contribution is 2.42. The Kier molecular flexibility index (Phi) is 3.70. The average Bonchev–Trinajstić information content (AvgIpc) is 3.28. The van der Waals surface area contributed by atoms with Gasteiger partial charge >= 0.3 is 6.03 Å². The van der Waals surface area contributed by atoms with Crippen LogP contribution in [0.25, 0.3) is 0 Å². The van der Waals surface area contributed by atoms with E-state index in [0.29, 0.717) is 31.7 Å². The van der Waals surface area contributed by atoms with E-state index >= 15 is 0 Å². The van der Waals surface area contributed by atoms with Gasteiger partial charge in [0.15, 0.2) is 0 Å². The van der Waals surface area contributed by atoms with Gasteiger partial charge in [-0.25, -0.2) is 9.18 Å². The van der Waals surface area contributed by atoms with Gasteiger partial charge in [0, 0.05) is 50.2 Å². The summed E-state index contributed by atoms with van der Waals surface area (Å²) >= 11 is 0. The van der Waals surface area contributed by atoms with Crippen molar-refractivity contribution < 1.29 is 14.0 Å². The van der Waals surface area contributed by atoms with Crippen molar-refractivity contribution in [2.75, 3.05) is 37.6 Å². The quantitative estimate of drug-likeness (QED) is 0.793. The van der Waals surface area contributed by atoms with Crippen molar-refractivity contribution in [2.24, 2.45) is 5.41 Å². The molecule has 0 radical (unpaired) electrons. The maximum atomic E-state index is 13.5. The fourth-order valence-corrected chi connectivity index (χ4v) is 4.26. The van der Waals surface area contributed by atoms with Crippen molar-refractivity contribution in [3.63, 3.8) is 0 Å². The molecule has 3 aliphatic heterocycles. The molecule has 24 heavy (non-hydrogen) atoms. The van der Waals surface area contributed by atoms with Gasteiger partial charge in [0.2, 0.25) is 5.91 Å². The highest BCUT2D eigenvalue weighted by atomic mass is 19.1. The molecule has 4 rings (SSSR count). The molecule has 0 N–H and O–H groups in total. The molecule has 0 aliphatic carbocycles. The molecule has 128 valence electrons. The molecule has 3 aliphatic rings. The zero-order valence-electron chi connectivity index (χ0n) is 13.7. The molecule has 1 aromatic carbocycles. The number of hydrogen-bond donors (Lipinski definition) is 0. The maximum Gasteiger partial charge on any atom is 0.320 e. The molecule has 3 heterocycles. The van der Waals surface area contributed by atoms with Crippen LogP contribution in [0.3, 0.4) is 0 Å². The molecular weight excluding hydrogens is 309 g/mol. The van der Waals surface area contributed by atoms with Gasteiger partial charge in [0.05, 0.1) is 0 Å². The first-order valence-corrected chi connectivity index (χ1v) is 8.66. The molecule has 1 aromatic rings. The zero-order chi connectivity index (χ0) is 16.7. The van der Waals surface area contributed by atoms with E-state index in [9.17, 15) is 14.0 Å². The zero-order valence-corrected chi connectivity index (χ0v) is 13.7. The minimum atomic E-state index is -0.335. The average molecular weight is 331 g/mol. The Morgan fingerprint density at radius 2 is 1.88 bits per heavy atom. The summed E-state index contributed by atoms with van der Waals surface area (Å²) in [7, 11) is 0. The van der Waals surface area contributed by atoms with Crippen LogP contribution in [0.4, 0.5) is 14.9 Å². The minimum absolute atomic E-state index is 0.0241. The maximum absolute atomic E-state index is 13.5. The first kappa shape index (κ1) is 15.4. The molecule has 3 amide bonds. The SMILES string of the molecule is O=C(N1CCCC1)N1CCC2(CC(=O)N(c3cccc(F)c3)C2)C1. The number of carbonyl (C=O) groups is 2. The molecule has 5 nitrogen and oxygen atoms in total. The Morgan fingerprint density at radius 3 is 2.62 bits per heavy atom. The van der Waals surface area contributed by atoms with Crippen LogP contribution in [0.15, 0.2) is 24.3 Å². The van der Waals surface area contributed by atoms with Crippen LogP contribution in [0.5, 0.6) is 0 Å². The summed E-state index contributed by atoms with van der Waals surface area (Å²) in [5, 5.41) is 0. The van der Waals surface area contributed by atoms with E-state index in [1.54, 1.807) is 17.0 Å². The second kappa shape index (κ2) is 5.76. The van der Waals surface area contributed by atoms with Crippen molar-refractivity contribution in [1.82, 2.24) is 9.80 Å². The molecular formula is C18H22FN3O2. The Labute approximate surface area is 141 Å². The molecule has 0 bridgehead atoms. The lowest BCUT2D eigenvalue weighted by molar-refractivity contribution is -0.117. The first-order chi connectivity index (χ1) is 11.6. The summed E-state index contributed by atoms with van der Waals surface area (Å²) in [6.45, 7) is 3.59. The van der Waals surface area contributed by atoms with Gasteiger partial charge in [-0.15, -0.1) is 0 Å². The number of benzene rings is 1. The van der Waals surface area contributed by atoms with Crippen LogP contribution >= 0.6 is 0 Å². The summed E-state index contributed by atoms with van der Waals surface area (Å²) in [5.41, 5.74) is 0.430.